The van der Waals surface area contributed by atoms with Gasteiger partial charge in [0.05, 0.1) is 25.4 Å². The van der Waals surface area contributed by atoms with E-state index in [9.17, 15) is 9.59 Å². The van der Waals surface area contributed by atoms with Crippen molar-refractivity contribution in [3.63, 3.8) is 0 Å². The van der Waals surface area contributed by atoms with E-state index in [1.54, 1.807) is 6.26 Å². The topological polar surface area (TPSA) is 71.8 Å². The average Bonchev–Trinajstić information content (AvgIpc) is 3.13. The van der Waals surface area contributed by atoms with Gasteiger partial charge in [0.15, 0.2) is 0 Å². The van der Waals surface area contributed by atoms with Crippen LogP contribution in [0.4, 0.5) is 0 Å². The first kappa shape index (κ1) is 17.4. The molecular weight excluding hydrogens is 356 g/mol. The maximum atomic E-state index is 12.4. The first-order valence-electron chi connectivity index (χ1n) is 9.76. The van der Waals surface area contributed by atoms with Crippen LogP contribution in [0.25, 0.3) is 21.7 Å². The Hall–Kier alpha value is -2.70. The Bertz CT molecular complexity index is 1070. The van der Waals surface area contributed by atoms with Gasteiger partial charge in [-0.3, -0.25) is 19.8 Å². The van der Waals surface area contributed by atoms with Crippen LogP contribution in [0.2, 0.25) is 0 Å². The molecule has 0 unspecified atom stereocenters. The molecule has 6 nitrogen and oxygen atoms in total. The number of morpholine rings is 1. The third kappa shape index (κ3) is 2.99. The average molecular weight is 378 g/mol. The fourth-order valence-corrected chi connectivity index (χ4v) is 4.37. The van der Waals surface area contributed by atoms with E-state index >= 15 is 0 Å². The number of piperidine rings is 1. The number of amides is 2. The second kappa shape index (κ2) is 7.04. The minimum absolute atomic E-state index is 0.202. The van der Waals surface area contributed by atoms with E-state index in [1.165, 1.54) is 10.9 Å². The Kier molecular flexibility index (Phi) is 4.37. The quantitative estimate of drug-likeness (QED) is 0.710. The molecule has 0 bridgehead atoms. The van der Waals surface area contributed by atoms with E-state index in [-0.39, 0.29) is 17.7 Å². The van der Waals surface area contributed by atoms with Crippen molar-refractivity contribution in [2.45, 2.75) is 25.3 Å². The van der Waals surface area contributed by atoms with Crippen molar-refractivity contribution in [1.29, 1.82) is 0 Å². The predicted octanol–water partition coefficient (Wildman–Crippen LogP) is 2.94. The summed E-state index contributed by atoms with van der Waals surface area (Å²) in [6.07, 6.45) is 2.55. The molecule has 6 heteroatoms. The molecule has 5 rings (SSSR count). The third-order valence-corrected chi connectivity index (χ3v) is 5.83. The maximum absolute atomic E-state index is 12.4. The number of benzene rings is 2. The summed E-state index contributed by atoms with van der Waals surface area (Å²) in [6, 6.07) is 10.4. The van der Waals surface area contributed by atoms with Gasteiger partial charge in [-0.15, -0.1) is 0 Å². The second-order valence-corrected chi connectivity index (χ2v) is 7.53. The number of nitrogens with zero attached hydrogens (tertiary/aromatic N) is 1. The van der Waals surface area contributed by atoms with E-state index in [0.717, 1.165) is 54.8 Å². The highest BCUT2D eigenvalue weighted by atomic mass is 16.5. The number of ether oxygens (including phenoxy) is 1. The van der Waals surface area contributed by atoms with Crippen LogP contribution in [-0.2, 0) is 20.9 Å². The third-order valence-electron chi connectivity index (χ3n) is 5.83. The maximum Gasteiger partial charge on any atom is 0.234 e. The molecule has 2 amide bonds. The zero-order valence-corrected chi connectivity index (χ0v) is 15.6. The molecule has 0 aliphatic carbocycles. The van der Waals surface area contributed by atoms with E-state index in [4.69, 9.17) is 9.15 Å². The molecule has 2 aromatic carbocycles. The number of hydrogen-bond acceptors (Lipinski definition) is 5. The summed E-state index contributed by atoms with van der Waals surface area (Å²) >= 11 is 0. The summed E-state index contributed by atoms with van der Waals surface area (Å²) in [6.45, 7) is 4.29. The van der Waals surface area contributed by atoms with Crippen LogP contribution in [0.5, 0.6) is 0 Å². The zero-order chi connectivity index (χ0) is 19.1. The first-order valence-corrected chi connectivity index (χ1v) is 9.76. The summed E-state index contributed by atoms with van der Waals surface area (Å²) in [7, 11) is 0. The SMILES string of the molecule is O=C1CC[C@H](c2coc3ccc4c(CN5CCOCC5)cccc4c23)C(=O)N1. The van der Waals surface area contributed by atoms with E-state index in [1.807, 2.05) is 6.07 Å². The van der Waals surface area contributed by atoms with Crippen molar-refractivity contribution in [2.75, 3.05) is 26.3 Å². The Morgan fingerprint density at radius 2 is 1.93 bits per heavy atom. The summed E-state index contributed by atoms with van der Waals surface area (Å²) in [5, 5.41) is 5.71. The number of nitrogens with one attached hydrogen (secondary N) is 1. The molecule has 0 saturated carbocycles. The minimum atomic E-state index is -0.354. The fourth-order valence-electron chi connectivity index (χ4n) is 4.37. The summed E-state index contributed by atoms with van der Waals surface area (Å²) in [4.78, 5) is 26.4. The van der Waals surface area contributed by atoms with Crippen molar-refractivity contribution in [3.8, 4) is 0 Å². The van der Waals surface area contributed by atoms with Crippen LogP contribution in [0.15, 0.2) is 41.0 Å². The lowest BCUT2D eigenvalue weighted by Gasteiger charge is -2.27. The van der Waals surface area contributed by atoms with Gasteiger partial charge in [0.2, 0.25) is 11.8 Å². The normalized spacial score (nSPS) is 21.4. The van der Waals surface area contributed by atoms with Gasteiger partial charge in [-0.1, -0.05) is 24.3 Å². The van der Waals surface area contributed by atoms with Crippen molar-refractivity contribution in [3.05, 3.63) is 47.7 Å². The van der Waals surface area contributed by atoms with Gasteiger partial charge in [-0.2, -0.15) is 0 Å². The van der Waals surface area contributed by atoms with Gasteiger partial charge in [0.25, 0.3) is 0 Å². The molecule has 2 saturated heterocycles. The van der Waals surface area contributed by atoms with Crippen LogP contribution >= 0.6 is 0 Å². The van der Waals surface area contributed by atoms with Crippen molar-refractivity contribution < 1.29 is 18.7 Å². The molecule has 1 atom stereocenters. The highest BCUT2D eigenvalue weighted by Crippen LogP contribution is 2.37. The number of hydrogen-bond donors (Lipinski definition) is 1. The molecule has 28 heavy (non-hydrogen) atoms. The monoisotopic (exact) mass is 378 g/mol. The van der Waals surface area contributed by atoms with Gasteiger partial charge in [-0.25, -0.2) is 0 Å². The molecule has 144 valence electrons. The number of rotatable bonds is 3. The first-order chi connectivity index (χ1) is 13.7. The number of furan rings is 1. The molecule has 2 aliphatic heterocycles. The number of imide groups is 1. The predicted molar refractivity (Wildman–Crippen MR) is 105 cm³/mol. The van der Waals surface area contributed by atoms with Gasteiger partial charge in [-0.05, 0) is 28.8 Å². The van der Waals surface area contributed by atoms with Crippen molar-refractivity contribution in [1.82, 2.24) is 10.2 Å². The highest BCUT2D eigenvalue weighted by molar-refractivity contribution is 6.11. The molecular formula is C22H22N2O4. The molecule has 1 N–H and O–H groups in total. The molecule has 0 radical (unpaired) electrons. The number of fused-ring (bicyclic) bond motifs is 3. The highest BCUT2D eigenvalue weighted by Gasteiger charge is 2.31. The summed E-state index contributed by atoms with van der Waals surface area (Å²) in [5.41, 5.74) is 2.90. The van der Waals surface area contributed by atoms with Crippen molar-refractivity contribution in [2.24, 2.45) is 0 Å². The fraction of sp³-hybridized carbons (Fsp3) is 0.364. The standard InChI is InChI=1S/C22H22N2O4/c25-20-7-5-17(22(26)23-20)18-13-28-19-6-4-15-14(2-1-3-16(15)21(18)19)12-24-8-10-27-11-9-24/h1-4,6,13,17H,5,7-12H2,(H,23,25,26)/t17-/m1/s1. The van der Waals surface area contributed by atoms with Crippen LogP contribution in [0.3, 0.4) is 0 Å². The van der Waals surface area contributed by atoms with Gasteiger partial charge in [0.1, 0.15) is 5.58 Å². The minimum Gasteiger partial charge on any atom is -0.464 e. The lowest BCUT2D eigenvalue weighted by atomic mass is 9.88. The van der Waals surface area contributed by atoms with E-state index in [2.05, 4.69) is 34.5 Å². The Morgan fingerprint density at radius 3 is 2.75 bits per heavy atom. The van der Waals surface area contributed by atoms with Crippen LogP contribution in [-0.4, -0.2) is 43.0 Å². The van der Waals surface area contributed by atoms with E-state index < -0.39 is 0 Å². The molecule has 2 aliphatic rings. The van der Waals surface area contributed by atoms with Gasteiger partial charge in [0, 0.05) is 37.0 Å². The van der Waals surface area contributed by atoms with Crippen molar-refractivity contribution >= 4 is 33.6 Å². The Morgan fingerprint density at radius 1 is 1.07 bits per heavy atom. The molecule has 2 fully saturated rings. The lowest BCUT2D eigenvalue weighted by molar-refractivity contribution is -0.134. The van der Waals surface area contributed by atoms with Crippen LogP contribution in [0.1, 0.15) is 29.9 Å². The molecule has 1 aromatic heterocycles. The zero-order valence-electron chi connectivity index (χ0n) is 15.6. The lowest BCUT2D eigenvalue weighted by Crippen LogP contribution is -2.39. The Balaban J connectivity index is 1.59. The van der Waals surface area contributed by atoms with E-state index in [0.29, 0.717) is 12.8 Å². The second-order valence-electron chi connectivity index (χ2n) is 7.53. The molecule has 3 aromatic rings. The smallest absolute Gasteiger partial charge is 0.234 e. The summed E-state index contributed by atoms with van der Waals surface area (Å²) < 4.78 is 11.2. The molecule has 3 heterocycles. The number of carbonyl (C=O) groups excluding carboxylic acids is 2. The van der Waals surface area contributed by atoms with Crippen LogP contribution < -0.4 is 5.32 Å². The van der Waals surface area contributed by atoms with Gasteiger partial charge >= 0.3 is 0 Å². The van der Waals surface area contributed by atoms with Crippen LogP contribution in [0, 0.1) is 0 Å². The summed E-state index contributed by atoms with van der Waals surface area (Å²) in [5.74, 6) is -0.792. The molecule has 0 spiro atoms. The largest absolute Gasteiger partial charge is 0.464 e. The number of carbonyl (C=O) groups is 2. The Labute approximate surface area is 162 Å². The van der Waals surface area contributed by atoms with Gasteiger partial charge < -0.3 is 9.15 Å².